The third-order valence-electron chi connectivity index (χ3n) is 2.62. The number of imidazole rings is 1. The molecule has 1 aromatic carbocycles. The van der Waals surface area contributed by atoms with E-state index in [1.807, 2.05) is 0 Å². The van der Waals surface area contributed by atoms with Crippen LogP contribution in [0.5, 0.6) is 0 Å². The molecule has 0 bridgehead atoms. The van der Waals surface area contributed by atoms with Crippen LogP contribution >= 0.6 is 15.9 Å². The van der Waals surface area contributed by atoms with Gasteiger partial charge in [0.05, 0.1) is 11.0 Å². The number of nitrogens with zero attached hydrogens (tertiary/aromatic N) is 1. The average molecular weight is 324 g/mol. The Hall–Kier alpha value is -2.35. The van der Waals surface area contributed by atoms with E-state index in [1.54, 1.807) is 18.2 Å². The van der Waals surface area contributed by atoms with Crippen LogP contribution in [0.25, 0.3) is 22.4 Å². The van der Waals surface area contributed by atoms with Gasteiger partial charge in [-0.1, -0.05) is 5.16 Å². The number of benzene rings is 1. The van der Waals surface area contributed by atoms with Crippen LogP contribution in [-0.2, 0) is 0 Å². The lowest BCUT2D eigenvalue weighted by Crippen LogP contribution is -1.99. The number of carboxylic acids is 1. The molecule has 0 aliphatic heterocycles. The summed E-state index contributed by atoms with van der Waals surface area (Å²) in [6, 6.07) is 5.06. The lowest BCUT2D eigenvalue weighted by molar-refractivity contribution is 0.0685. The summed E-state index contributed by atoms with van der Waals surface area (Å²) >= 11 is 3.14. The number of aromatic nitrogens is 3. The van der Waals surface area contributed by atoms with E-state index in [1.165, 1.54) is 0 Å². The van der Waals surface area contributed by atoms with Gasteiger partial charge in [0.1, 0.15) is 4.47 Å². The minimum atomic E-state index is -1.18. The second kappa shape index (κ2) is 4.09. The van der Waals surface area contributed by atoms with E-state index in [0.717, 1.165) is 0 Å². The first-order valence-corrected chi connectivity index (χ1v) is 5.96. The molecule has 0 aliphatic rings. The van der Waals surface area contributed by atoms with Crippen molar-refractivity contribution in [2.24, 2.45) is 0 Å². The maximum Gasteiger partial charge on any atom is 0.359 e. The molecule has 3 rings (SSSR count). The van der Waals surface area contributed by atoms with E-state index in [9.17, 15) is 9.59 Å². The zero-order chi connectivity index (χ0) is 13.6. The number of nitrogens with one attached hydrogen (secondary N) is 2. The first kappa shape index (κ1) is 11.7. The van der Waals surface area contributed by atoms with Gasteiger partial charge < -0.3 is 19.6 Å². The lowest BCUT2D eigenvalue weighted by atomic mass is 10.1. The molecule has 3 aromatic rings. The van der Waals surface area contributed by atoms with Crippen molar-refractivity contribution in [2.75, 3.05) is 0 Å². The van der Waals surface area contributed by atoms with Crippen LogP contribution in [0.15, 0.2) is 32.0 Å². The smallest absolute Gasteiger partial charge is 0.359 e. The summed E-state index contributed by atoms with van der Waals surface area (Å²) < 4.78 is 5.28. The fourth-order valence-electron chi connectivity index (χ4n) is 1.77. The molecule has 3 N–H and O–H groups in total. The number of aromatic amines is 2. The van der Waals surface area contributed by atoms with Crippen molar-refractivity contribution < 1.29 is 14.4 Å². The Morgan fingerprint density at radius 2 is 2.05 bits per heavy atom. The summed E-state index contributed by atoms with van der Waals surface area (Å²) in [4.78, 5) is 27.3. The van der Waals surface area contributed by atoms with Crippen molar-refractivity contribution in [2.45, 2.75) is 0 Å². The van der Waals surface area contributed by atoms with Gasteiger partial charge in [0.25, 0.3) is 0 Å². The zero-order valence-corrected chi connectivity index (χ0v) is 10.8. The van der Waals surface area contributed by atoms with Gasteiger partial charge in [0.15, 0.2) is 5.76 Å². The van der Waals surface area contributed by atoms with Crippen LogP contribution in [0.4, 0.5) is 0 Å². The van der Waals surface area contributed by atoms with Crippen molar-refractivity contribution in [3.05, 3.63) is 38.9 Å². The van der Waals surface area contributed by atoms with Crippen LogP contribution in [0.2, 0.25) is 0 Å². The summed E-state index contributed by atoms with van der Waals surface area (Å²) in [5.74, 6) is -0.889. The summed E-state index contributed by atoms with van der Waals surface area (Å²) in [5.41, 5.74) is 1.35. The number of rotatable bonds is 2. The fraction of sp³-hybridized carbons (Fsp3) is 0. The second-order valence-electron chi connectivity index (χ2n) is 3.82. The molecule has 0 aliphatic carbocycles. The highest BCUT2D eigenvalue weighted by atomic mass is 79.9. The molecule has 0 radical (unpaired) electrons. The van der Waals surface area contributed by atoms with Crippen molar-refractivity contribution in [1.82, 2.24) is 15.1 Å². The van der Waals surface area contributed by atoms with E-state index in [0.29, 0.717) is 22.4 Å². The number of hydrogen-bond acceptors (Lipinski definition) is 4. The molecule has 0 amide bonds. The van der Waals surface area contributed by atoms with Gasteiger partial charge in [0, 0.05) is 5.56 Å². The molecule has 96 valence electrons. The predicted molar refractivity (Wildman–Crippen MR) is 69.1 cm³/mol. The number of carboxylic acid groups (broad SMARTS) is 1. The standard InChI is InChI=1S/C11H6BrN3O4/c12-7-8(10(16)17)15-19-9(7)4-1-2-5-6(3-4)14-11(18)13-5/h1-3H,(H,16,17)(H2,13,14,18). The molecule has 19 heavy (non-hydrogen) atoms. The Morgan fingerprint density at radius 3 is 2.74 bits per heavy atom. The van der Waals surface area contributed by atoms with E-state index < -0.39 is 5.97 Å². The molecule has 0 fully saturated rings. The Balaban J connectivity index is 2.18. The van der Waals surface area contributed by atoms with Gasteiger partial charge in [-0.2, -0.15) is 0 Å². The topological polar surface area (TPSA) is 112 Å². The number of fused-ring (bicyclic) bond motifs is 1. The molecular formula is C11H6BrN3O4. The van der Waals surface area contributed by atoms with Gasteiger partial charge >= 0.3 is 11.7 Å². The summed E-state index contributed by atoms with van der Waals surface area (Å²) in [7, 11) is 0. The van der Waals surface area contributed by atoms with Gasteiger partial charge in [-0.25, -0.2) is 9.59 Å². The number of carbonyl (C=O) groups is 1. The maximum atomic E-state index is 11.2. The van der Waals surface area contributed by atoms with Gasteiger partial charge in [-0.3, -0.25) is 0 Å². The van der Waals surface area contributed by atoms with Gasteiger partial charge in [0.2, 0.25) is 5.69 Å². The first-order valence-electron chi connectivity index (χ1n) is 5.17. The molecule has 0 saturated heterocycles. The molecule has 0 unspecified atom stereocenters. The molecule has 7 nitrogen and oxygen atoms in total. The highest BCUT2D eigenvalue weighted by Gasteiger charge is 2.20. The van der Waals surface area contributed by atoms with Crippen LogP contribution in [0, 0.1) is 0 Å². The molecule has 0 atom stereocenters. The maximum absolute atomic E-state index is 11.2. The fourth-order valence-corrected chi connectivity index (χ4v) is 2.31. The Kier molecular flexibility index (Phi) is 2.53. The summed E-state index contributed by atoms with van der Waals surface area (Å²) in [5, 5.41) is 12.4. The monoisotopic (exact) mass is 323 g/mol. The number of hydrogen-bond donors (Lipinski definition) is 3. The van der Waals surface area contributed by atoms with Crippen molar-refractivity contribution in [3.63, 3.8) is 0 Å². The third kappa shape index (κ3) is 1.85. The quantitative estimate of drug-likeness (QED) is 0.667. The van der Waals surface area contributed by atoms with E-state index in [4.69, 9.17) is 9.63 Å². The van der Waals surface area contributed by atoms with Crippen LogP contribution < -0.4 is 5.69 Å². The van der Waals surface area contributed by atoms with Crippen LogP contribution in [-0.4, -0.2) is 26.2 Å². The number of aromatic carboxylic acids is 1. The van der Waals surface area contributed by atoms with E-state index in [2.05, 4.69) is 31.1 Å². The second-order valence-corrected chi connectivity index (χ2v) is 4.61. The molecule has 2 heterocycles. The van der Waals surface area contributed by atoms with Crippen molar-refractivity contribution in [3.8, 4) is 11.3 Å². The molecular weight excluding hydrogens is 318 g/mol. The van der Waals surface area contributed by atoms with E-state index >= 15 is 0 Å². The Morgan fingerprint density at radius 1 is 1.32 bits per heavy atom. The summed E-state index contributed by atoms with van der Waals surface area (Å²) in [6.07, 6.45) is 0. The number of H-pyrrole nitrogens is 2. The van der Waals surface area contributed by atoms with Gasteiger partial charge in [-0.15, -0.1) is 0 Å². The molecule has 2 aromatic heterocycles. The van der Waals surface area contributed by atoms with Crippen LogP contribution in [0.3, 0.4) is 0 Å². The summed E-state index contributed by atoms with van der Waals surface area (Å²) in [6.45, 7) is 0. The highest BCUT2D eigenvalue weighted by molar-refractivity contribution is 9.10. The Labute approximate surface area is 113 Å². The molecule has 0 saturated carbocycles. The van der Waals surface area contributed by atoms with Gasteiger partial charge in [-0.05, 0) is 34.1 Å². The number of halogens is 1. The first-order chi connectivity index (χ1) is 9.06. The Bertz CT molecular complexity index is 845. The molecule has 0 spiro atoms. The van der Waals surface area contributed by atoms with Crippen LogP contribution in [0.1, 0.15) is 10.5 Å². The largest absolute Gasteiger partial charge is 0.476 e. The third-order valence-corrected chi connectivity index (χ3v) is 3.35. The normalized spacial score (nSPS) is 11.0. The average Bonchev–Trinajstić information content (AvgIpc) is 2.89. The minimum absolute atomic E-state index is 0.197. The van der Waals surface area contributed by atoms with Crippen molar-refractivity contribution in [1.29, 1.82) is 0 Å². The van der Waals surface area contributed by atoms with Crippen molar-refractivity contribution >= 4 is 32.9 Å². The predicted octanol–water partition coefficient (Wildman–Crippen LogP) is 1.97. The zero-order valence-electron chi connectivity index (χ0n) is 9.23. The minimum Gasteiger partial charge on any atom is -0.476 e. The molecule has 8 heteroatoms. The van der Waals surface area contributed by atoms with E-state index in [-0.39, 0.29) is 15.9 Å². The highest BCUT2D eigenvalue weighted by Crippen LogP contribution is 2.32. The lowest BCUT2D eigenvalue weighted by Gasteiger charge is -1.96. The SMILES string of the molecule is O=C(O)c1noc(-c2ccc3[nH]c(=O)[nH]c3c2)c1Br.